The van der Waals surface area contributed by atoms with Crippen molar-refractivity contribution in [2.24, 2.45) is 0 Å². The summed E-state index contributed by atoms with van der Waals surface area (Å²) in [6.07, 6.45) is 29.8. The maximum absolute atomic E-state index is 11.8. The first-order valence-corrected chi connectivity index (χ1v) is 15.5. The average molecular weight is 503 g/mol. The van der Waals surface area contributed by atoms with Gasteiger partial charge in [0, 0.05) is 0 Å². The predicted octanol–water partition coefficient (Wildman–Crippen LogP) is 7.71. The lowest BCUT2D eigenvalue weighted by Crippen LogP contribution is -2.49. The second-order valence-corrected chi connectivity index (χ2v) is 13.0. The standard InChI is InChI=1S/C28H56NO4P/c1-5-6-7-8-9-10-11-12-13-14-15-16-17-18-19-20-21-22-23-24-25-26-28(30,34(31,32)33)27-29(2,3)4/h14-15,18-19,30H,5-13,16-17,20-27H2,1-4H3,(H-,31,32,33)/p+1/b15-14-,19-18-. The molecule has 0 aromatic heterocycles. The van der Waals surface area contributed by atoms with Crippen molar-refractivity contribution in [3.8, 4) is 0 Å². The van der Waals surface area contributed by atoms with Gasteiger partial charge in [0.1, 0.15) is 6.54 Å². The van der Waals surface area contributed by atoms with E-state index in [0.717, 1.165) is 44.9 Å². The van der Waals surface area contributed by atoms with Crippen molar-refractivity contribution in [3.05, 3.63) is 24.3 Å². The highest BCUT2D eigenvalue weighted by molar-refractivity contribution is 7.53. The van der Waals surface area contributed by atoms with Crippen LogP contribution in [0.4, 0.5) is 0 Å². The Bertz CT molecular complexity index is 579. The molecular weight excluding hydrogens is 445 g/mol. The fraction of sp³-hybridized carbons (Fsp3) is 0.857. The fourth-order valence-electron chi connectivity index (χ4n) is 4.34. The molecule has 0 heterocycles. The zero-order valence-corrected chi connectivity index (χ0v) is 23.8. The topological polar surface area (TPSA) is 77.8 Å². The van der Waals surface area contributed by atoms with E-state index in [0.29, 0.717) is 10.9 Å². The predicted molar refractivity (Wildman–Crippen MR) is 147 cm³/mol. The van der Waals surface area contributed by atoms with Gasteiger partial charge in [0.15, 0.2) is 0 Å². The zero-order valence-electron chi connectivity index (χ0n) is 22.9. The van der Waals surface area contributed by atoms with Crippen LogP contribution >= 0.6 is 7.60 Å². The normalized spacial score (nSPS) is 14.9. The minimum absolute atomic E-state index is 0.0520. The molecule has 0 saturated heterocycles. The van der Waals surface area contributed by atoms with Crippen LogP contribution in [0.15, 0.2) is 24.3 Å². The Morgan fingerprint density at radius 2 is 1.03 bits per heavy atom. The molecule has 0 aliphatic heterocycles. The molecule has 1 unspecified atom stereocenters. The van der Waals surface area contributed by atoms with Crippen LogP contribution in [0.5, 0.6) is 0 Å². The highest BCUT2D eigenvalue weighted by Gasteiger charge is 2.48. The first-order chi connectivity index (χ1) is 16.0. The quantitative estimate of drug-likeness (QED) is 0.0578. The van der Waals surface area contributed by atoms with Gasteiger partial charge in [0.25, 0.3) is 0 Å². The van der Waals surface area contributed by atoms with Gasteiger partial charge in [-0.15, -0.1) is 0 Å². The maximum Gasteiger partial charge on any atom is 0.362 e. The average Bonchev–Trinajstić information content (AvgIpc) is 2.73. The molecule has 34 heavy (non-hydrogen) atoms. The van der Waals surface area contributed by atoms with Gasteiger partial charge >= 0.3 is 7.60 Å². The third kappa shape index (κ3) is 19.8. The van der Waals surface area contributed by atoms with Gasteiger partial charge < -0.3 is 19.4 Å². The van der Waals surface area contributed by atoms with Crippen LogP contribution in [0.3, 0.4) is 0 Å². The first kappa shape index (κ1) is 33.5. The molecule has 0 aliphatic rings. The summed E-state index contributed by atoms with van der Waals surface area (Å²) in [6, 6.07) is 0. The molecule has 6 heteroatoms. The van der Waals surface area contributed by atoms with Gasteiger partial charge in [-0.2, -0.15) is 0 Å². The minimum atomic E-state index is -4.55. The Balaban J connectivity index is 3.64. The third-order valence-electron chi connectivity index (χ3n) is 6.28. The smallest absolute Gasteiger partial charge is 0.362 e. The molecule has 0 aromatic carbocycles. The van der Waals surface area contributed by atoms with Crippen molar-refractivity contribution in [2.45, 2.75) is 128 Å². The van der Waals surface area contributed by atoms with Crippen molar-refractivity contribution in [3.63, 3.8) is 0 Å². The molecule has 0 saturated carbocycles. The van der Waals surface area contributed by atoms with Crippen LogP contribution in [0.1, 0.15) is 122 Å². The third-order valence-corrected chi connectivity index (χ3v) is 7.72. The molecule has 0 fully saturated rings. The molecule has 0 rings (SSSR count). The van der Waals surface area contributed by atoms with Crippen LogP contribution < -0.4 is 0 Å². The number of nitrogens with zero attached hydrogens (tertiary/aromatic N) is 1. The van der Waals surface area contributed by atoms with E-state index in [2.05, 4.69) is 31.2 Å². The van der Waals surface area contributed by atoms with Crippen LogP contribution in [-0.2, 0) is 4.57 Å². The largest absolute Gasteiger partial charge is 0.373 e. The minimum Gasteiger partial charge on any atom is -0.373 e. The summed E-state index contributed by atoms with van der Waals surface area (Å²) in [6.45, 7) is 2.32. The molecule has 1 atom stereocenters. The van der Waals surface area contributed by atoms with E-state index in [1.165, 1.54) is 57.8 Å². The zero-order chi connectivity index (χ0) is 25.8. The highest BCUT2D eigenvalue weighted by Crippen LogP contribution is 2.52. The number of unbranched alkanes of at least 4 members (excludes halogenated alkanes) is 14. The Morgan fingerprint density at radius 1 is 0.647 bits per heavy atom. The molecule has 0 aliphatic carbocycles. The van der Waals surface area contributed by atoms with Gasteiger partial charge in [-0.05, 0) is 51.4 Å². The summed E-state index contributed by atoms with van der Waals surface area (Å²) in [7, 11) is 0.953. The molecule has 0 spiro atoms. The lowest BCUT2D eigenvalue weighted by Gasteiger charge is -2.35. The summed E-state index contributed by atoms with van der Waals surface area (Å²) in [5.74, 6) is 0. The van der Waals surface area contributed by atoms with E-state index in [4.69, 9.17) is 0 Å². The van der Waals surface area contributed by atoms with Crippen molar-refractivity contribution in [1.82, 2.24) is 0 Å². The van der Waals surface area contributed by atoms with Crippen LogP contribution in [0.2, 0.25) is 0 Å². The number of hydrogen-bond acceptors (Lipinski definition) is 2. The molecule has 0 bridgehead atoms. The van der Waals surface area contributed by atoms with Crippen molar-refractivity contribution in [2.75, 3.05) is 27.7 Å². The number of hydrogen-bond donors (Lipinski definition) is 3. The van der Waals surface area contributed by atoms with E-state index < -0.39 is 12.9 Å². The lowest BCUT2D eigenvalue weighted by molar-refractivity contribution is -0.875. The summed E-state index contributed by atoms with van der Waals surface area (Å²) < 4.78 is 12.1. The molecule has 3 N–H and O–H groups in total. The number of likely N-dealkylation sites (N-methyl/N-ethyl adjacent to an activating group) is 1. The van der Waals surface area contributed by atoms with E-state index >= 15 is 0 Å². The molecule has 0 aromatic rings. The van der Waals surface area contributed by atoms with Gasteiger partial charge in [-0.1, -0.05) is 95.4 Å². The van der Waals surface area contributed by atoms with Crippen LogP contribution in [0, 0.1) is 0 Å². The summed E-state index contributed by atoms with van der Waals surface area (Å²) in [5.41, 5.74) is 0. The van der Waals surface area contributed by atoms with Gasteiger partial charge in [-0.3, -0.25) is 4.57 Å². The monoisotopic (exact) mass is 502 g/mol. The Morgan fingerprint density at radius 3 is 1.44 bits per heavy atom. The Kier molecular flexibility index (Phi) is 19.4. The van der Waals surface area contributed by atoms with E-state index in [9.17, 15) is 19.5 Å². The molecule has 202 valence electrons. The number of allylic oxidation sites excluding steroid dienone is 4. The van der Waals surface area contributed by atoms with E-state index in [-0.39, 0.29) is 13.0 Å². The summed E-state index contributed by atoms with van der Waals surface area (Å²) >= 11 is 0. The van der Waals surface area contributed by atoms with E-state index in [1.807, 2.05) is 21.1 Å². The second-order valence-electron chi connectivity index (χ2n) is 11.1. The van der Waals surface area contributed by atoms with Gasteiger partial charge in [-0.25, -0.2) is 0 Å². The molecule has 0 radical (unpaired) electrons. The van der Waals surface area contributed by atoms with Crippen LogP contribution in [0.25, 0.3) is 0 Å². The Hall–Kier alpha value is -0.450. The SMILES string of the molecule is CCCCCCCCCC/C=C\CC/C=C\CCCCCCCC(O)(C[N+](C)(C)C)P(=O)(O)O. The molecule has 0 amide bonds. The summed E-state index contributed by atoms with van der Waals surface area (Å²) in [4.78, 5) is 19.2. The highest BCUT2D eigenvalue weighted by atomic mass is 31.2. The first-order valence-electron chi connectivity index (χ1n) is 13.9. The maximum atomic E-state index is 11.8. The van der Waals surface area contributed by atoms with E-state index in [1.54, 1.807) is 0 Å². The summed E-state index contributed by atoms with van der Waals surface area (Å²) in [5, 5.41) is 8.63. The molecule has 5 nitrogen and oxygen atoms in total. The lowest BCUT2D eigenvalue weighted by atomic mass is 10.1. The van der Waals surface area contributed by atoms with Crippen LogP contribution in [-0.4, -0.2) is 52.4 Å². The second kappa shape index (κ2) is 19.7. The van der Waals surface area contributed by atoms with Crippen molar-refractivity contribution >= 4 is 7.60 Å². The van der Waals surface area contributed by atoms with Crippen molar-refractivity contribution < 1.29 is 23.9 Å². The number of aliphatic hydroxyl groups is 1. The van der Waals surface area contributed by atoms with Crippen molar-refractivity contribution in [1.29, 1.82) is 0 Å². The Labute approximate surface area is 211 Å². The number of rotatable bonds is 23. The van der Waals surface area contributed by atoms with Gasteiger partial charge in [0.05, 0.1) is 21.1 Å². The molecular formula is C28H57NO4P+. The fourth-order valence-corrected chi connectivity index (χ4v) is 5.39. The number of quaternary nitrogens is 1. The van der Waals surface area contributed by atoms with Gasteiger partial charge in [0.2, 0.25) is 5.34 Å².